The molecule has 0 unspecified atom stereocenters. The predicted octanol–water partition coefficient (Wildman–Crippen LogP) is 0.367. The molecule has 1 aromatic heterocycles. The number of hydrogen-bond donors (Lipinski definition) is 1. The Morgan fingerprint density at radius 1 is 1.73 bits per heavy atom. The molecular formula is C4H5NO4S2. The minimum atomic E-state index is -4.06. The van der Waals surface area contributed by atoms with Crippen LogP contribution < -0.4 is 4.74 Å². The number of ether oxygens (including phenoxy) is 1. The molecule has 5 nitrogen and oxygen atoms in total. The standard InChI is InChI=1S/C4H5NO4S2/c6-11(7,8)3-9-4-5-1-2-10-4/h1-2H,3H2,(H,6,7,8). The molecule has 0 aliphatic carbocycles. The van der Waals surface area contributed by atoms with Gasteiger partial charge in [-0.15, -0.1) is 0 Å². The first-order valence-electron chi connectivity index (χ1n) is 2.55. The molecule has 1 aromatic rings. The monoisotopic (exact) mass is 195 g/mol. The molecule has 0 amide bonds. The van der Waals surface area contributed by atoms with Crippen LogP contribution in [0.3, 0.4) is 0 Å². The molecule has 0 saturated carbocycles. The highest BCUT2D eigenvalue weighted by Crippen LogP contribution is 2.13. The van der Waals surface area contributed by atoms with Gasteiger partial charge in [-0.3, -0.25) is 4.55 Å². The zero-order valence-electron chi connectivity index (χ0n) is 5.30. The van der Waals surface area contributed by atoms with Gasteiger partial charge in [-0.05, 0) is 0 Å². The summed E-state index contributed by atoms with van der Waals surface area (Å²) in [5.74, 6) is -0.749. The van der Waals surface area contributed by atoms with E-state index >= 15 is 0 Å². The van der Waals surface area contributed by atoms with Crippen molar-refractivity contribution in [3.8, 4) is 5.19 Å². The molecular weight excluding hydrogens is 190 g/mol. The van der Waals surface area contributed by atoms with E-state index in [1.807, 2.05) is 0 Å². The number of aromatic nitrogens is 1. The van der Waals surface area contributed by atoms with Crippen LogP contribution in [0.15, 0.2) is 11.6 Å². The van der Waals surface area contributed by atoms with E-state index < -0.39 is 16.1 Å². The van der Waals surface area contributed by atoms with E-state index in [4.69, 9.17) is 4.55 Å². The molecule has 62 valence electrons. The average Bonchev–Trinajstić information content (AvgIpc) is 2.32. The van der Waals surface area contributed by atoms with Gasteiger partial charge < -0.3 is 4.74 Å². The van der Waals surface area contributed by atoms with Crippen molar-refractivity contribution in [1.82, 2.24) is 4.98 Å². The normalized spacial score (nSPS) is 11.4. The molecule has 0 atom stereocenters. The first-order valence-corrected chi connectivity index (χ1v) is 5.04. The van der Waals surface area contributed by atoms with Crippen LogP contribution in [0.25, 0.3) is 0 Å². The van der Waals surface area contributed by atoms with Crippen molar-refractivity contribution in [3.63, 3.8) is 0 Å². The number of rotatable bonds is 3. The van der Waals surface area contributed by atoms with Gasteiger partial charge in [-0.25, -0.2) is 4.98 Å². The van der Waals surface area contributed by atoms with E-state index in [1.54, 1.807) is 5.38 Å². The van der Waals surface area contributed by atoms with Gasteiger partial charge in [-0.1, -0.05) is 11.3 Å². The first-order chi connectivity index (χ1) is 5.08. The van der Waals surface area contributed by atoms with Crippen LogP contribution in [0.5, 0.6) is 5.19 Å². The third-order valence-electron chi connectivity index (χ3n) is 0.741. The quantitative estimate of drug-likeness (QED) is 0.705. The Bertz CT molecular complexity index is 303. The largest absolute Gasteiger partial charge is 0.451 e. The number of hydrogen-bond acceptors (Lipinski definition) is 5. The van der Waals surface area contributed by atoms with Crippen LogP contribution in [0.2, 0.25) is 0 Å². The highest BCUT2D eigenvalue weighted by Gasteiger charge is 2.05. The minimum absolute atomic E-state index is 0.225. The Hall–Kier alpha value is -0.660. The smallest absolute Gasteiger partial charge is 0.300 e. The van der Waals surface area contributed by atoms with Crippen molar-refractivity contribution in [2.24, 2.45) is 0 Å². The molecule has 7 heteroatoms. The molecule has 0 aromatic carbocycles. The van der Waals surface area contributed by atoms with Crippen LogP contribution in [0, 0.1) is 0 Å². The molecule has 0 bridgehead atoms. The summed E-state index contributed by atoms with van der Waals surface area (Å²) in [7, 11) is -4.06. The van der Waals surface area contributed by atoms with E-state index in [0.29, 0.717) is 0 Å². The van der Waals surface area contributed by atoms with Crippen LogP contribution in [-0.4, -0.2) is 23.9 Å². The lowest BCUT2D eigenvalue weighted by Gasteiger charge is -1.96. The SMILES string of the molecule is O=S(=O)(O)COc1nccs1. The number of nitrogens with zero attached hydrogens (tertiary/aromatic N) is 1. The van der Waals surface area contributed by atoms with Gasteiger partial charge in [0.25, 0.3) is 5.19 Å². The lowest BCUT2D eigenvalue weighted by Crippen LogP contribution is -2.09. The van der Waals surface area contributed by atoms with Crippen molar-refractivity contribution in [1.29, 1.82) is 0 Å². The van der Waals surface area contributed by atoms with Crippen LogP contribution >= 0.6 is 11.3 Å². The second-order valence-corrected chi connectivity index (χ2v) is 3.90. The van der Waals surface area contributed by atoms with Crippen molar-refractivity contribution in [2.75, 3.05) is 5.94 Å². The van der Waals surface area contributed by atoms with Gasteiger partial charge in [-0.2, -0.15) is 8.42 Å². The fourth-order valence-electron chi connectivity index (χ4n) is 0.407. The van der Waals surface area contributed by atoms with Crippen molar-refractivity contribution in [3.05, 3.63) is 11.6 Å². The van der Waals surface area contributed by atoms with Gasteiger partial charge in [0.05, 0.1) is 0 Å². The molecule has 0 saturated heterocycles. The molecule has 0 fully saturated rings. The Balaban J connectivity index is 2.48. The van der Waals surface area contributed by atoms with E-state index in [9.17, 15) is 8.42 Å². The number of thiazole rings is 1. The molecule has 1 rings (SSSR count). The lowest BCUT2D eigenvalue weighted by molar-refractivity contribution is 0.351. The molecule has 0 aliphatic rings. The molecule has 0 radical (unpaired) electrons. The van der Waals surface area contributed by atoms with E-state index in [2.05, 4.69) is 9.72 Å². The summed E-state index contributed by atoms with van der Waals surface area (Å²) in [5.41, 5.74) is 0. The highest BCUT2D eigenvalue weighted by molar-refractivity contribution is 7.85. The maximum absolute atomic E-state index is 10.1. The summed E-state index contributed by atoms with van der Waals surface area (Å²) in [4.78, 5) is 3.64. The zero-order chi connectivity index (χ0) is 8.32. The summed E-state index contributed by atoms with van der Waals surface area (Å²) < 4.78 is 33.1. The fourth-order valence-corrected chi connectivity index (χ4v) is 1.23. The van der Waals surface area contributed by atoms with Gasteiger partial charge >= 0.3 is 10.1 Å². The van der Waals surface area contributed by atoms with E-state index in [-0.39, 0.29) is 5.19 Å². The Morgan fingerprint density at radius 2 is 2.45 bits per heavy atom. The van der Waals surface area contributed by atoms with E-state index in [0.717, 1.165) is 11.3 Å². The van der Waals surface area contributed by atoms with Gasteiger partial charge in [0.15, 0.2) is 0 Å². The molecule has 1 N–H and O–H groups in total. The van der Waals surface area contributed by atoms with Crippen LogP contribution in [0.1, 0.15) is 0 Å². The van der Waals surface area contributed by atoms with Crippen molar-refractivity contribution in [2.45, 2.75) is 0 Å². The van der Waals surface area contributed by atoms with E-state index in [1.165, 1.54) is 6.20 Å². The summed E-state index contributed by atoms with van der Waals surface area (Å²) >= 11 is 1.15. The summed E-state index contributed by atoms with van der Waals surface area (Å²) in [6.45, 7) is 0. The highest BCUT2D eigenvalue weighted by atomic mass is 32.2. The second-order valence-electron chi connectivity index (χ2n) is 1.64. The third kappa shape index (κ3) is 3.30. The Kier molecular flexibility index (Phi) is 2.42. The van der Waals surface area contributed by atoms with Gasteiger partial charge in [0.1, 0.15) is 0 Å². The Morgan fingerprint density at radius 3 is 2.91 bits per heavy atom. The summed E-state index contributed by atoms with van der Waals surface area (Å²) in [5, 5.41) is 1.86. The molecule has 0 spiro atoms. The van der Waals surface area contributed by atoms with Crippen molar-refractivity contribution >= 4 is 21.5 Å². The lowest BCUT2D eigenvalue weighted by atomic mass is 11.0. The van der Waals surface area contributed by atoms with Crippen LogP contribution in [-0.2, 0) is 10.1 Å². The van der Waals surface area contributed by atoms with Gasteiger partial charge in [0.2, 0.25) is 5.94 Å². The van der Waals surface area contributed by atoms with Gasteiger partial charge in [0, 0.05) is 11.6 Å². The zero-order valence-corrected chi connectivity index (χ0v) is 6.93. The van der Waals surface area contributed by atoms with Crippen molar-refractivity contribution < 1.29 is 17.7 Å². The maximum atomic E-state index is 10.1. The minimum Gasteiger partial charge on any atom is -0.451 e. The summed E-state index contributed by atoms with van der Waals surface area (Å²) in [6.07, 6.45) is 1.48. The molecule has 11 heavy (non-hydrogen) atoms. The predicted molar refractivity (Wildman–Crippen MR) is 39.2 cm³/mol. The average molecular weight is 195 g/mol. The fraction of sp³-hybridized carbons (Fsp3) is 0.250. The molecule has 0 aliphatic heterocycles. The Labute approximate surface area is 67.4 Å². The second kappa shape index (κ2) is 3.16. The maximum Gasteiger partial charge on any atom is 0.300 e. The first kappa shape index (κ1) is 8.44. The topological polar surface area (TPSA) is 76.5 Å². The third-order valence-corrected chi connectivity index (χ3v) is 1.84. The van der Waals surface area contributed by atoms with Crippen LogP contribution in [0.4, 0.5) is 0 Å². The molecule has 1 heterocycles. The summed E-state index contributed by atoms with van der Waals surface area (Å²) in [6, 6.07) is 0.